The lowest BCUT2D eigenvalue weighted by Gasteiger charge is -2.11. The molecule has 1 aliphatic carbocycles. The van der Waals surface area contributed by atoms with Crippen LogP contribution in [0.25, 0.3) is 0 Å². The molecule has 4 nitrogen and oxygen atoms in total. The second-order valence-corrected chi connectivity index (χ2v) is 5.97. The highest BCUT2D eigenvalue weighted by Gasteiger charge is 2.28. The van der Waals surface area contributed by atoms with Crippen LogP contribution in [0.3, 0.4) is 0 Å². The molecule has 0 aliphatic heterocycles. The average molecular weight is 267 g/mol. The minimum absolute atomic E-state index is 0.0634. The Bertz CT molecular complexity index is 426. The summed E-state index contributed by atoms with van der Waals surface area (Å²) in [4.78, 5) is 12.5. The topological polar surface area (TPSA) is 67.2 Å². The Labute approximate surface area is 112 Å². The standard InChI is InChI=1S/C13H21N3OS/c1-3-6-15-13(17)12-10(14)7-11(18-12)16-8(2)9-4-5-9/h7-9,16H,3-6,14H2,1-2H3,(H,15,17). The van der Waals surface area contributed by atoms with Crippen molar-refractivity contribution in [3.63, 3.8) is 0 Å². The van der Waals surface area contributed by atoms with Crippen molar-refractivity contribution in [3.05, 3.63) is 10.9 Å². The molecular formula is C13H21N3OS. The van der Waals surface area contributed by atoms with Crippen LogP contribution in [0.1, 0.15) is 42.8 Å². The Morgan fingerprint density at radius 2 is 2.33 bits per heavy atom. The van der Waals surface area contributed by atoms with E-state index in [1.54, 1.807) is 0 Å². The summed E-state index contributed by atoms with van der Waals surface area (Å²) < 4.78 is 0. The number of nitrogens with one attached hydrogen (secondary N) is 2. The van der Waals surface area contributed by atoms with Crippen molar-refractivity contribution in [2.75, 3.05) is 17.6 Å². The summed E-state index contributed by atoms with van der Waals surface area (Å²) in [5.74, 6) is 0.720. The zero-order chi connectivity index (χ0) is 13.1. The molecule has 1 heterocycles. The number of thiophene rings is 1. The number of nitrogens with two attached hydrogens (primary N) is 1. The van der Waals surface area contributed by atoms with Gasteiger partial charge in [-0.2, -0.15) is 0 Å². The molecule has 4 N–H and O–H groups in total. The van der Waals surface area contributed by atoms with E-state index in [9.17, 15) is 4.79 Å². The van der Waals surface area contributed by atoms with Gasteiger partial charge in [0, 0.05) is 12.6 Å². The van der Waals surface area contributed by atoms with Gasteiger partial charge in [0.05, 0.1) is 10.7 Å². The van der Waals surface area contributed by atoms with E-state index in [1.807, 2.05) is 13.0 Å². The Balaban J connectivity index is 1.99. The fraction of sp³-hybridized carbons (Fsp3) is 0.615. The first kappa shape index (κ1) is 13.2. The van der Waals surface area contributed by atoms with Gasteiger partial charge >= 0.3 is 0 Å². The number of rotatable bonds is 6. The Hall–Kier alpha value is -1.23. The summed E-state index contributed by atoms with van der Waals surface area (Å²) in [5.41, 5.74) is 6.46. The quantitative estimate of drug-likeness (QED) is 0.742. The minimum Gasteiger partial charge on any atom is -0.397 e. The van der Waals surface area contributed by atoms with E-state index in [1.165, 1.54) is 24.2 Å². The lowest BCUT2D eigenvalue weighted by atomic mass is 10.2. The zero-order valence-electron chi connectivity index (χ0n) is 11.0. The summed E-state index contributed by atoms with van der Waals surface area (Å²) >= 11 is 1.44. The highest BCUT2D eigenvalue weighted by molar-refractivity contribution is 7.18. The molecule has 0 spiro atoms. The SMILES string of the molecule is CCCNC(=O)c1sc(NC(C)C2CC2)cc1N. The van der Waals surface area contributed by atoms with E-state index >= 15 is 0 Å². The summed E-state index contributed by atoms with van der Waals surface area (Å²) in [6.07, 6.45) is 3.54. The van der Waals surface area contributed by atoms with Gasteiger partial charge in [0.15, 0.2) is 0 Å². The fourth-order valence-corrected chi connectivity index (χ4v) is 2.90. The molecule has 0 radical (unpaired) electrons. The van der Waals surface area contributed by atoms with Crippen molar-refractivity contribution in [3.8, 4) is 0 Å². The number of hydrogen-bond acceptors (Lipinski definition) is 4. The molecule has 1 aromatic heterocycles. The lowest BCUT2D eigenvalue weighted by molar-refractivity contribution is 0.0958. The molecule has 1 unspecified atom stereocenters. The summed E-state index contributed by atoms with van der Waals surface area (Å²) in [6.45, 7) is 4.91. The average Bonchev–Trinajstić information content (AvgIpc) is 3.11. The molecule has 1 amide bonds. The van der Waals surface area contributed by atoms with Gasteiger partial charge in [-0.05, 0) is 38.2 Å². The Morgan fingerprint density at radius 3 is 2.94 bits per heavy atom. The minimum atomic E-state index is -0.0634. The highest BCUT2D eigenvalue weighted by atomic mass is 32.1. The zero-order valence-corrected chi connectivity index (χ0v) is 11.8. The third-order valence-electron chi connectivity index (χ3n) is 3.20. The van der Waals surface area contributed by atoms with E-state index in [2.05, 4.69) is 17.6 Å². The van der Waals surface area contributed by atoms with Crippen molar-refractivity contribution in [1.29, 1.82) is 0 Å². The summed E-state index contributed by atoms with van der Waals surface area (Å²) in [5, 5.41) is 7.28. The van der Waals surface area contributed by atoms with Gasteiger partial charge in [0.1, 0.15) is 4.88 Å². The number of nitrogen functional groups attached to an aromatic ring is 1. The molecule has 0 aromatic carbocycles. The molecule has 1 atom stereocenters. The van der Waals surface area contributed by atoms with Crippen molar-refractivity contribution in [1.82, 2.24) is 5.32 Å². The number of carbonyl (C=O) groups excluding carboxylic acids is 1. The van der Waals surface area contributed by atoms with Crippen LogP contribution in [-0.2, 0) is 0 Å². The van der Waals surface area contributed by atoms with Crippen molar-refractivity contribution in [2.24, 2.45) is 5.92 Å². The third kappa shape index (κ3) is 3.16. The van der Waals surface area contributed by atoms with Gasteiger partial charge in [-0.15, -0.1) is 11.3 Å². The maximum atomic E-state index is 11.9. The van der Waals surface area contributed by atoms with E-state index in [4.69, 9.17) is 5.73 Å². The highest BCUT2D eigenvalue weighted by Crippen LogP contribution is 2.36. The predicted molar refractivity (Wildman–Crippen MR) is 77.2 cm³/mol. The van der Waals surface area contributed by atoms with Crippen molar-refractivity contribution < 1.29 is 4.79 Å². The molecule has 1 fully saturated rings. The third-order valence-corrected chi connectivity index (χ3v) is 4.28. The Kier molecular flexibility index (Phi) is 4.11. The predicted octanol–water partition coefficient (Wildman–Crippen LogP) is 2.68. The normalized spacial score (nSPS) is 16.3. The molecule has 1 aliphatic rings. The molecule has 0 saturated heterocycles. The van der Waals surface area contributed by atoms with Crippen molar-refractivity contribution in [2.45, 2.75) is 39.2 Å². The van der Waals surface area contributed by atoms with Gasteiger partial charge in [-0.25, -0.2) is 0 Å². The maximum absolute atomic E-state index is 11.9. The van der Waals surface area contributed by atoms with Crippen LogP contribution in [0.4, 0.5) is 10.7 Å². The molecular weight excluding hydrogens is 246 g/mol. The van der Waals surface area contributed by atoms with Gasteiger partial charge in [0.2, 0.25) is 0 Å². The number of carbonyl (C=O) groups is 1. The second kappa shape index (κ2) is 5.61. The van der Waals surface area contributed by atoms with Crippen LogP contribution >= 0.6 is 11.3 Å². The van der Waals surface area contributed by atoms with Crippen LogP contribution in [0, 0.1) is 5.92 Å². The van der Waals surface area contributed by atoms with E-state index in [-0.39, 0.29) is 5.91 Å². The fourth-order valence-electron chi connectivity index (χ4n) is 1.91. The smallest absolute Gasteiger partial charge is 0.263 e. The first-order valence-electron chi connectivity index (χ1n) is 6.55. The first-order chi connectivity index (χ1) is 8.61. The second-order valence-electron chi connectivity index (χ2n) is 4.92. The summed E-state index contributed by atoms with van der Waals surface area (Å²) in [6, 6.07) is 2.33. The Morgan fingerprint density at radius 1 is 1.61 bits per heavy atom. The van der Waals surface area contributed by atoms with Crippen LogP contribution in [0.5, 0.6) is 0 Å². The first-order valence-corrected chi connectivity index (χ1v) is 7.37. The summed E-state index contributed by atoms with van der Waals surface area (Å²) in [7, 11) is 0. The lowest BCUT2D eigenvalue weighted by Crippen LogP contribution is -2.23. The molecule has 1 aromatic rings. The van der Waals surface area contributed by atoms with Gasteiger partial charge in [-0.1, -0.05) is 6.92 Å². The maximum Gasteiger partial charge on any atom is 0.263 e. The number of anilines is 2. The number of hydrogen-bond donors (Lipinski definition) is 3. The van der Waals surface area contributed by atoms with Crippen LogP contribution in [0.2, 0.25) is 0 Å². The largest absolute Gasteiger partial charge is 0.397 e. The van der Waals surface area contributed by atoms with E-state index in [0.717, 1.165) is 17.3 Å². The molecule has 0 bridgehead atoms. The molecule has 18 heavy (non-hydrogen) atoms. The van der Waals surface area contributed by atoms with Crippen LogP contribution < -0.4 is 16.4 Å². The van der Waals surface area contributed by atoms with Gasteiger partial charge < -0.3 is 16.4 Å². The van der Waals surface area contributed by atoms with Crippen LogP contribution in [-0.4, -0.2) is 18.5 Å². The van der Waals surface area contributed by atoms with E-state index < -0.39 is 0 Å². The van der Waals surface area contributed by atoms with Crippen LogP contribution in [0.15, 0.2) is 6.07 Å². The van der Waals surface area contributed by atoms with Gasteiger partial charge in [0.25, 0.3) is 5.91 Å². The van der Waals surface area contributed by atoms with Crippen molar-refractivity contribution >= 4 is 27.9 Å². The molecule has 2 rings (SSSR count). The van der Waals surface area contributed by atoms with E-state index in [0.29, 0.717) is 23.2 Å². The number of amides is 1. The molecule has 100 valence electrons. The monoisotopic (exact) mass is 267 g/mol. The molecule has 5 heteroatoms. The molecule has 1 saturated carbocycles. The van der Waals surface area contributed by atoms with Gasteiger partial charge in [-0.3, -0.25) is 4.79 Å².